The molecule has 0 spiro atoms. The monoisotopic (exact) mass is 124 g/mol. The van der Waals surface area contributed by atoms with Crippen LogP contribution in [0.2, 0.25) is 0 Å². The molecule has 1 heterocycles. The lowest BCUT2D eigenvalue weighted by Crippen LogP contribution is -2.16. The van der Waals surface area contributed by atoms with Gasteiger partial charge in [0.15, 0.2) is 0 Å². The zero-order valence-electron chi connectivity index (χ0n) is 5.48. The van der Waals surface area contributed by atoms with Gasteiger partial charge in [0.05, 0.1) is 0 Å². The van der Waals surface area contributed by atoms with Crippen molar-refractivity contribution in [3.05, 3.63) is 24.0 Å². The van der Waals surface area contributed by atoms with Crippen LogP contribution < -0.4 is 11.1 Å². The van der Waals surface area contributed by atoms with Crippen LogP contribution in [0.4, 0.5) is 0 Å². The lowest BCUT2D eigenvalue weighted by atomic mass is 10.1. The molecular formula is C7H12N2. The van der Waals surface area contributed by atoms with Crippen LogP contribution in [0.3, 0.4) is 0 Å². The highest BCUT2D eigenvalue weighted by molar-refractivity contribution is 5.25. The molecular weight excluding hydrogens is 112 g/mol. The summed E-state index contributed by atoms with van der Waals surface area (Å²) in [6, 6.07) is 0. The second-order valence-electron chi connectivity index (χ2n) is 2.25. The molecule has 0 aromatic rings. The predicted octanol–water partition coefficient (Wildman–Crippen LogP) is 0.726. The van der Waals surface area contributed by atoms with Crippen LogP contribution in [0.15, 0.2) is 24.0 Å². The van der Waals surface area contributed by atoms with Gasteiger partial charge in [-0.25, -0.2) is 0 Å². The van der Waals surface area contributed by atoms with Crippen molar-refractivity contribution in [3.63, 3.8) is 0 Å². The third kappa shape index (κ3) is 1.49. The Balaban J connectivity index is 2.57. The zero-order chi connectivity index (χ0) is 6.69. The molecule has 0 aromatic carbocycles. The van der Waals surface area contributed by atoms with Crippen LogP contribution in [0.5, 0.6) is 0 Å². The molecule has 9 heavy (non-hydrogen) atoms. The molecule has 2 nitrogen and oxygen atoms in total. The number of hydrogen-bond acceptors (Lipinski definition) is 2. The fourth-order valence-corrected chi connectivity index (χ4v) is 0.902. The summed E-state index contributed by atoms with van der Waals surface area (Å²) in [5, 5.41) is 3.11. The topological polar surface area (TPSA) is 38.0 Å². The van der Waals surface area contributed by atoms with Crippen molar-refractivity contribution in [2.24, 2.45) is 5.73 Å². The van der Waals surface area contributed by atoms with Crippen molar-refractivity contribution in [2.45, 2.75) is 12.8 Å². The van der Waals surface area contributed by atoms with E-state index in [1.807, 2.05) is 6.20 Å². The molecule has 1 aliphatic rings. The highest BCUT2D eigenvalue weighted by Gasteiger charge is 2.02. The zero-order valence-corrected chi connectivity index (χ0v) is 5.48. The molecule has 0 bridgehead atoms. The Morgan fingerprint density at radius 3 is 2.89 bits per heavy atom. The van der Waals surface area contributed by atoms with E-state index in [1.165, 1.54) is 6.42 Å². The van der Waals surface area contributed by atoms with Gasteiger partial charge in [0, 0.05) is 18.4 Å². The third-order valence-electron chi connectivity index (χ3n) is 1.46. The Morgan fingerprint density at radius 2 is 2.56 bits per heavy atom. The Morgan fingerprint density at radius 1 is 1.78 bits per heavy atom. The van der Waals surface area contributed by atoms with Crippen molar-refractivity contribution in [1.82, 2.24) is 5.32 Å². The molecule has 0 amide bonds. The second kappa shape index (κ2) is 2.58. The molecule has 0 saturated carbocycles. The molecule has 0 atom stereocenters. The minimum atomic E-state index is 0.696. The van der Waals surface area contributed by atoms with E-state index in [0.29, 0.717) is 5.70 Å². The minimum absolute atomic E-state index is 0.696. The molecule has 0 radical (unpaired) electrons. The molecule has 0 aromatic heterocycles. The summed E-state index contributed by atoms with van der Waals surface area (Å²) in [4.78, 5) is 0. The van der Waals surface area contributed by atoms with E-state index in [-0.39, 0.29) is 0 Å². The molecule has 0 unspecified atom stereocenters. The summed E-state index contributed by atoms with van der Waals surface area (Å²) in [7, 11) is 0. The maximum absolute atomic E-state index is 5.46. The SMILES string of the molecule is C=C(N)C1=CNCCC1. The number of nitrogens with one attached hydrogen (secondary N) is 1. The van der Waals surface area contributed by atoms with Crippen LogP contribution in [-0.4, -0.2) is 6.54 Å². The number of allylic oxidation sites excluding steroid dienone is 1. The van der Waals surface area contributed by atoms with Gasteiger partial charge in [-0.1, -0.05) is 6.58 Å². The van der Waals surface area contributed by atoms with Gasteiger partial charge in [-0.3, -0.25) is 0 Å². The minimum Gasteiger partial charge on any atom is -0.399 e. The summed E-state index contributed by atoms with van der Waals surface area (Å²) in [6.45, 7) is 4.71. The van der Waals surface area contributed by atoms with Gasteiger partial charge >= 0.3 is 0 Å². The highest BCUT2D eigenvalue weighted by Crippen LogP contribution is 2.11. The standard InChI is InChI=1S/C7H12N2/c1-6(8)7-3-2-4-9-5-7/h5,9H,1-4,8H2. The molecule has 2 heteroatoms. The summed E-state index contributed by atoms with van der Waals surface area (Å²) >= 11 is 0. The van der Waals surface area contributed by atoms with Crippen LogP contribution in [0, 0.1) is 0 Å². The summed E-state index contributed by atoms with van der Waals surface area (Å²) in [6.07, 6.45) is 4.19. The van der Waals surface area contributed by atoms with Gasteiger partial charge in [-0.2, -0.15) is 0 Å². The smallest absolute Gasteiger partial charge is 0.0288 e. The first-order valence-corrected chi connectivity index (χ1v) is 3.18. The summed E-state index contributed by atoms with van der Waals surface area (Å²) in [5.74, 6) is 0. The first-order chi connectivity index (χ1) is 4.30. The van der Waals surface area contributed by atoms with Gasteiger partial charge < -0.3 is 11.1 Å². The number of hydrogen-bond donors (Lipinski definition) is 2. The van der Waals surface area contributed by atoms with E-state index in [0.717, 1.165) is 18.5 Å². The Labute approximate surface area is 55.4 Å². The molecule has 0 fully saturated rings. The van der Waals surface area contributed by atoms with E-state index < -0.39 is 0 Å². The van der Waals surface area contributed by atoms with Crippen molar-refractivity contribution in [1.29, 1.82) is 0 Å². The summed E-state index contributed by atoms with van der Waals surface area (Å²) < 4.78 is 0. The number of rotatable bonds is 1. The fraction of sp³-hybridized carbons (Fsp3) is 0.429. The molecule has 1 aliphatic heterocycles. The molecule has 0 saturated heterocycles. The molecule has 1 rings (SSSR count). The third-order valence-corrected chi connectivity index (χ3v) is 1.46. The Hall–Kier alpha value is -0.920. The molecule has 0 aliphatic carbocycles. The van der Waals surface area contributed by atoms with Gasteiger partial charge in [-0.05, 0) is 18.4 Å². The fourth-order valence-electron chi connectivity index (χ4n) is 0.902. The predicted molar refractivity (Wildman–Crippen MR) is 38.6 cm³/mol. The quantitative estimate of drug-likeness (QED) is 0.540. The average molecular weight is 124 g/mol. The molecule has 3 N–H and O–H groups in total. The maximum Gasteiger partial charge on any atom is 0.0288 e. The van der Waals surface area contributed by atoms with E-state index in [4.69, 9.17) is 5.73 Å². The maximum atomic E-state index is 5.46. The van der Waals surface area contributed by atoms with E-state index in [9.17, 15) is 0 Å². The van der Waals surface area contributed by atoms with Crippen molar-refractivity contribution in [3.8, 4) is 0 Å². The first-order valence-electron chi connectivity index (χ1n) is 3.18. The van der Waals surface area contributed by atoms with Crippen LogP contribution in [0.1, 0.15) is 12.8 Å². The van der Waals surface area contributed by atoms with Crippen molar-refractivity contribution in [2.75, 3.05) is 6.54 Å². The lowest BCUT2D eigenvalue weighted by molar-refractivity contribution is 0.702. The van der Waals surface area contributed by atoms with Gasteiger partial charge in [-0.15, -0.1) is 0 Å². The normalized spacial score (nSPS) is 18.0. The highest BCUT2D eigenvalue weighted by atomic mass is 14.8. The van der Waals surface area contributed by atoms with Gasteiger partial charge in [0.2, 0.25) is 0 Å². The van der Waals surface area contributed by atoms with E-state index in [2.05, 4.69) is 11.9 Å². The first kappa shape index (κ1) is 6.20. The van der Waals surface area contributed by atoms with E-state index in [1.54, 1.807) is 0 Å². The van der Waals surface area contributed by atoms with Crippen LogP contribution in [0.25, 0.3) is 0 Å². The number of nitrogens with two attached hydrogens (primary N) is 1. The van der Waals surface area contributed by atoms with E-state index >= 15 is 0 Å². The average Bonchev–Trinajstić information content (AvgIpc) is 1.90. The Bertz CT molecular complexity index is 147. The lowest BCUT2D eigenvalue weighted by Gasteiger charge is -2.12. The molecule has 50 valence electrons. The van der Waals surface area contributed by atoms with Gasteiger partial charge in [0.1, 0.15) is 0 Å². The second-order valence-corrected chi connectivity index (χ2v) is 2.25. The van der Waals surface area contributed by atoms with Crippen LogP contribution >= 0.6 is 0 Å². The largest absolute Gasteiger partial charge is 0.399 e. The van der Waals surface area contributed by atoms with Gasteiger partial charge in [0.25, 0.3) is 0 Å². The van der Waals surface area contributed by atoms with Crippen molar-refractivity contribution < 1.29 is 0 Å². The van der Waals surface area contributed by atoms with Crippen molar-refractivity contribution >= 4 is 0 Å². The Kier molecular flexibility index (Phi) is 1.78. The van der Waals surface area contributed by atoms with Crippen LogP contribution in [-0.2, 0) is 0 Å². The summed E-state index contributed by atoms with van der Waals surface area (Å²) in [5.41, 5.74) is 7.31.